The van der Waals surface area contributed by atoms with E-state index < -0.39 is 0 Å². The van der Waals surface area contributed by atoms with E-state index in [1.807, 2.05) is 0 Å². The highest BCUT2D eigenvalue weighted by molar-refractivity contribution is 5.88. The van der Waals surface area contributed by atoms with Crippen LogP contribution in [-0.2, 0) is 21.7 Å². The molecular formula is C97H102N4. The quantitative estimate of drug-likeness (QED) is 0.150. The van der Waals surface area contributed by atoms with Crippen LogP contribution in [0.5, 0.6) is 0 Å². The molecule has 0 bridgehead atoms. The van der Waals surface area contributed by atoms with Gasteiger partial charge in [-0.3, -0.25) is 0 Å². The maximum Gasteiger partial charge on any atom is 0.0467 e. The third-order valence-corrected chi connectivity index (χ3v) is 23.2. The fourth-order valence-corrected chi connectivity index (χ4v) is 17.3. The molecule has 0 fully saturated rings. The highest BCUT2D eigenvalue weighted by atomic mass is 15.1. The molecule has 4 aliphatic rings. The van der Waals surface area contributed by atoms with Crippen LogP contribution in [0.1, 0.15) is 150 Å². The number of nitrogens with zero attached hydrogens (tertiary/aromatic N) is 4. The van der Waals surface area contributed by atoms with E-state index in [1.54, 1.807) is 0 Å². The van der Waals surface area contributed by atoms with Crippen molar-refractivity contribution in [3.8, 4) is 44.5 Å². The van der Waals surface area contributed by atoms with E-state index in [0.717, 1.165) is 0 Å². The van der Waals surface area contributed by atoms with Crippen LogP contribution in [0, 0.1) is 62.3 Å². The lowest BCUT2D eigenvalue weighted by atomic mass is 9.82. The predicted octanol–water partition coefficient (Wildman–Crippen LogP) is 25.8. The lowest BCUT2D eigenvalue weighted by molar-refractivity contribution is 0.660. The first-order valence-electron chi connectivity index (χ1n) is 36.2. The number of benzene rings is 12. The van der Waals surface area contributed by atoms with Crippen molar-refractivity contribution in [2.45, 2.75) is 139 Å². The normalized spacial score (nSPS) is 14.1. The molecule has 0 radical (unpaired) electrons. The molecule has 0 aromatic heterocycles. The molecule has 0 unspecified atom stereocenters. The van der Waals surface area contributed by atoms with Gasteiger partial charge in [-0.15, -0.1) is 0 Å². The molecule has 12 aromatic rings. The minimum Gasteiger partial charge on any atom is -0.345 e. The first kappa shape index (κ1) is 69.3. The summed E-state index contributed by atoms with van der Waals surface area (Å²) in [7, 11) is 8.67. The molecule has 101 heavy (non-hydrogen) atoms. The van der Waals surface area contributed by atoms with Gasteiger partial charge in [-0.25, -0.2) is 0 Å². The van der Waals surface area contributed by atoms with Gasteiger partial charge in [0.2, 0.25) is 0 Å². The molecule has 0 N–H and O–H groups in total. The van der Waals surface area contributed by atoms with E-state index in [9.17, 15) is 0 Å². The molecule has 510 valence electrons. The van der Waals surface area contributed by atoms with Gasteiger partial charge in [0.1, 0.15) is 0 Å². The average molecular weight is 1320 g/mol. The van der Waals surface area contributed by atoms with Crippen LogP contribution in [0.2, 0.25) is 0 Å². The van der Waals surface area contributed by atoms with Crippen LogP contribution in [0.4, 0.5) is 45.5 Å². The lowest BCUT2D eigenvalue weighted by Gasteiger charge is -2.27. The summed E-state index contributed by atoms with van der Waals surface area (Å²) in [6, 6.07) is 87.3. The Morgan fingerprint density at radius 1 is 0.198 bits per heavy atom. The van der Waals surface area contributed by atoms with Crippen LogP contribution in [0.25, 0.3) is 44.5 Å². The summed E-state index contributed by atoms with van der Waals surface area (Å²) in [5.74, 6) is 0. The van der Waals surface area contributed by atoms with Crippen LogP contribution in [-0.4, -0.2) is 28.2 Å². The van der Waals surface area contributed by atoms with E-state index >= 15 is 0 Å². The monoisotopic (exact) mass is 1320 g/mol. The van der Waals surface area contributed by atoms with Crippen molar-refractivity contribution in [3.63, 3.8) is 0 Å². The Kier molecular flexibility index (Phi) is 18.1. The lowest BCUT2D eigenvalue weighted by Crippen LogP contribution is -2.17. The molecule has 4 nitrogen and oxygen atoms in total. The Balaban J connectivity index is 0.000000120. The molecule has 4 heteroatoms. The van der Waals surface area contributed by atoms with Crippen molar-refractivity contribution in [1.82, 2.24) is 0 Å². The van der Waals surface area contributed by atoms with Crippen LogP contribution >= 0.6 is 0 Å². The minimum absolute atomic E-state index is 0.0418. The minimum atomic E-state index is 0.0418. The van der Waals surface area contributed by atoms with E-state index in [4.69, 9.17) is 0 Å². The number of anilines is 8. The molecule has 0 spiro atoms. The number of hydrogen-bond donors (Lipinski definition) is 0. The molecular weight excluding hydrogens is 1220 g/mol. The van der Waals surface area contributed by atoms with Crippen molar-refractivity contribution in [3.05, 3.63) is 331 Å². The summed E-state index contributed by atoms with van der Waals surface area (Å²) < 4.78 is 0. The summed E-state index contributed by atoms with van der Waals surface area (Å²) in [6.45, 7) is 38.3. The highest BCUT2D eigenvalue weighted by Gasteiger charge is 2.39. The van der Waals surface area contributed by atoms with Crippen molar-refractivity contribution in [2.75, 3.05) is 47.8 Å². The molecule has 0 saturated heterocycles. The van der Waals surface area contributed by atoms with Gasteiger partial charge < -0.3 is 19.6 Å². The van der Waals surface area contributed by atoms with E-state index in [-0.39, 0.29) is 21.7 Å². The topological polar surface area (TPSA) is 13.0 Å². The Hall–Kier alpha value is -10.2. The van der Waals surface area contributed by atoms with E-state index in [1.165, 1.54) is 185 Å². The van der Waals surface area contributed by atoms with Crippen molar-refractivity contribution >= 4 is 45.5 Å². The summed E-state index contributed by atoms with van der Waals surface area (Å²) in [6.07, 6.45) is 0. The summed E-state index contributed by atoms with van der Waals surface area (Å²) in [5, 5.41) is 0. The first-order chi connectivity index (χ1) is 48.0. The van der Waals surface area contributed by atoms with Gasteiger partial charge in [0, 0.05) is 95.3 Å². The summed E-state index contributed by atoms with van der Waals surface area (Å²) in [4.78, 5) is 9.24. The molecule has 0 heterocycles. The zero-order chi connectivity index (χ0) is 71.9. The fourth-order valence-electron chi connectivity index (χ4n) is 17.3. The molecule has 0 amide bonds. The van der Waals surface area contributed by atoms with Gasteiger partial charge in [-0.1, -0.05) is 236 Å². The van der Waals surface area contributed by atoms with Crippen LogP contribution in [0.15, 0.2) is 237 Å². The molecule has 16 rings (SSSR count). The van der Waals surface area contributed by atoms with Gasteiger partial charge in [-0.05, 0) is 257 Å². The highest BCUT2D eigenvalue weighted by Crippen LogP contribution is 2.54. The van der Waals surface area contributed by atoms with Gasteiger partial charge in [-0.2, -0.15) is 0 Å². The van der Waals surface area contributed by atoms with Gasteiger partial charge in [0.25, 0.3) is 0 Å². The SMILES string of the molecule is Cc1cc(C)c(N(C)c2ccc3c(c2)C(C)(C)c2ccccc2-3)c(C)c1.Cc1ccc(N(C)c2ccc3c(c2)C(C)(C)c2ccccc2-3)c(C)c1.Cc1ccc(N(C)c2ccc3c(c2)C(C)(C)c2ccccc2-3)cc1C.Cc1cccc(C)c1N(C)c1ccc2c(c1)C(C)(C)c1ccccc1-2. The molecule has 12 aromatic carbocycles. The Bertz CT molecular complexity index is 5160. The Morgan fingerprint density at radius 2 is 0.495 bits per heavy atom. The van der Waals surface area contributed by atoms with Crippen molar-refractivity contribution in [1.29, 1.82) is 0 Å². The number of aryl methyl sites for hydroxylation is 9. The molecule has 4 aliphatic carbocycles. The Morgan fingerprint density at radius 3 is 0.851 bits per heavy atom. The Labute approximate surface area is 604 Å². The third-order valence-electron chi connectivity index (χ3n) is 23.2. The first-order valence-corrected chi connectivity index (χ1v) is 36.2. The molecule has 0 saturated carbocycles. The summed E-state index contributed by atoms with van der Waals surface area (Å²) >= 11 is 0. The van der Waals surface area contributed by atoms with Crippen molar-refractivity contribution < 1.29 is 0 Å². The van der Waals surface area contributed by atoms with Gasteiger partial charge in [0.15, 0.2) is 0 Å². The number of fused-ring (bicyclic) bond motifs is 12. The number of hydrogen-bond acceptors (Lipinski definition) is 4. The van der Waals surface area contributed by atoms with Gasteiger partial charge in [0.05, 0.1) is 0 Å². The van der Waals surface area contributed by atoms with E-state index in [0.29, 0.717) is 0 Å². The number of para-hydroxylation sites is 1. The number of rotatable bonds is 8. The van der Waals surface area contributed by atoms with Gasteiger partial charge >= 0.3 is 0 Å². The maximum atomic E-state index is 2.38. The fraction of sp³-hybridized carbons (Fsp3) is 0.258. The maximum absolute atomic E-state index is 2.38. The van der Waals surface area contributed by atoms with E-state index in [2.05, 4.69) is 402 Å². The molecule has 0 aliphatic heterocycles. The summed E-state index contributed by atoms with van der Waals surface area (Å²) in [5.41, 5.74) is 44.5. The standard InChI is InChI=1S/C25H27N.3C24H25N/c1-16-13-17(2)24(18(3)14-16)26(6)19-11-12-21-20-9-7-8-10-22(20)25(4,5)23(21)15-19;1-16-9-8-10-17(2)23(16)25(5)18-13-14-20-19-11-6-7-12-21(19)24(3,4)22(20)15-18;1-16-10-13-23(17(2)14-16)25(5)18-11-12-20-19-8-6-7-9-21(19)24(3,4)22(20)15-18;1-16-10-11-18(14-17(16)2)25(5)19-12-13-21-20-8-6-7-9-22(20)24(3,4)23(21)15-19/h7-15H,1-6H3;3*6-15H,1-5H3. The second kappa shape index (κ2) is 26.4. The van der Waals surface area contributed by atoms with Crippen LogP contribution < -0.4 is 19.6 Å². The second-order valence-corrected chi connectivity index (χ2v) is 31.4. The molecule has 0 atom stereocenters. The predicted molar refractivity (Wildman–Crippen MR) is 437 cm³/mol. The smallest absolute Gasteiger partial charge is 0.0467 e. The van der Waals surface area contributed by atoms with Crippen LogP contribution in [0.3, 0.4) is 0 Å². The zero-order valence-electron chi connectivity index (χ0n) is 63.8. The third kappa shape index (κ3) is 12.3. The average Bonchev–Trinajstić information content (AvgIpc) is 1.61. The largest absolute Gasteiger partial charge is 0.345 e. The van der Waals surface area contributed by atoms with Crippen molar-refractivity contribution in [2.24, 2.45) is 0 Å². The second-order valence-electron chi connectivity index (χ2n) is 31.4. The zero-order valence-corrected chi connectivity index (χ0v) is 63.8.